The number of aromatic nitrogens is 2. The molecule has 0 aliphatic heterocycles. The minimum absolute atomic E-state index is 0.0674. The summed E-state index contributed by atoms with van der Waals surface area (Å²) in [4.78, 5) is 20.7. The van der Waals surface area contributed by atoms with E-state index in [1.165, 1.54) is 24.4 Å². The maximum Gasteiger partial charge on any atom is 0.232 e. The van der Waals surface area contributed by atoms with Gasteiger partial charge in [0.25, 0.3) is 0 Å². The van der Waals surface area contributed by atoms with E-state index in [0.717, 1.165) is 0 Å². The van der Waals surface area contributed by atoms with E-state index in [0.29, 0.717) is 11.6 Å². The van der Waals surface area contributed by atoms with Crippen LogP contribution in [0.3, 0.4) is 0 Å². The lowest BCUT2D eigenvalue weighted by Gasteiger charge is -2.12. The second-order valence-electron chi connectivity index (χ2n) is 6.16. The number of halogens is 3. The Kier molecular flexibility index (Phi) is 5.42. The topological polar surface area (TPSA) is 115 Å². The SMILES string of the molecule is CCCS(=O)(=O)Nc1cc(F)c(F)c(C(=O)c2ccc3ncc(N)nc3c2)c1F. The van der Waals surface area contributed by atoms with Gasteiger partial charge >= 0.3 is 0 Å². The average molecular weight is 424 g/mol. The summed E-state index contributed by atoms with van der Waals surface area (Å²) in [6, 6.07) is 4.17. The minimum atomic E-state index is -4.00. The second-order valence-corrected chi connectivity index (χ2v) is 8.00. The van der Waals surface area contributed by atoms with Gasteiger partial charge in [0.15, 0.2) is 23.2 Å². The van der Waals surface area contributed by atoms with Crippen LogP contribution in [-0.2, 0) is 10.0 Å². The molecule has 0 spiro atoms. The number of sulfonamides is 1. The van der Waals surface area contributed by atoms with Crippen molar-refractivity contribution >= 4 is 38.3 Å². The fourth-order valence-corrected chi connectivity index (χ4v) is 3.80. The van der Waals surface area contributed by atoms with Crippen molar-refractivity contribution in [2.45, 2.75) is 13.3 Å². The third-order valence-corrected chi connectivity index (χ3v) is 5.42. The molecule has 29 heavy (non-hydrogen) atoms. The third kappa shape index (κ3) is 4.14. The van der Waals surface area contributed by atoms with Crippen LogP contribution in [0.2, 0.25) is 0 Å². The molecule has 0 saturated heterocycles. The van der Waals surface area contributed by atoms with Gasteiger partial charge in [0, 0.05) is 11.6 Å². The number of carbonyl (C=O) groups is 1. The first-order valence-electron chi connectivity index (χ1n) is 8.38. The zero-order valence-electron chi connectivity index (χ0n) is 15.0. The molecule has 0 amide bonds. The lowest BCUT2D eigenvalue weighted by Crippen LogP contribution is -2.19. The highest BCUT2D eigenvalue weighted by Gasteiger charge is 2.27. The van der Waals surface area contributed by atoms with Crippen molar-refractivity contribution in [2.24, 2.45) is 0 Å². The van der Waals surface area contributed by atoms with E-state index in [-0.39, 0.29) is 29.1 Å². The Bertz CT molecular complexity index is 1230. The molecule has 3 aromatic rings. The Balaban J connectivity index is 2.11. The molecule has 11 heteroatoms. The van der Waals surface area contributed by atoms with Crippen LogP contribution in [0.25, 0.3) is 11.0 Å². The van der Waals surface area contributed by atoms with Crippen molar-refractivity contribution in [1.82, 2.24) is 9.97 Å². The maximum absolute atomic E-state index is 14.8. The summed E-state index contributed by atoms with van der Waals surface area (Å²) >= 11 is 0. The van der Waals surface area contributed by atoms with Crippen molar-refractivity contribution in [3.05, 3.63) is 59.0 Å². The number of hydrogen-bond donors (Lipinski definition) is 2. The van der Waals surface area contributed by atoms with Gasteiger partial charge in [0.05, 0.1) is 34.2 Å². The summed E-state index contributed by atoms with van der Waals surface area (Å²) in [6.07, 6.45) is 1.51. The lowest BCUT2D eigenvalue weighted by atomic mass is 10.0. The molecule has 7 nitrogen and oxygen atoms in total. The van der Waals surface area contributed by atoms with E-state index >= 15 is 0 Å². The Hall–Kier alpha value is -3.21. The van der Waals surface area contributed by atoms with Gasteiger partial charge in [-0.25, -0.2) is 26.6 Å². The third-order valence-electron chi connectivity index (χ3n) is 3.94. The molecule has 2 aromatic carbocycles. The van der Waals surface area contributed by atoms with Gasteiger partial charge in [-0.3, -0.25) is 14.5 Å². The minimum Gasteiger partial charge on any atom is -0.382 e. The number of fused-ring (bicyclic) bond motifs is 1. The van der Waals surface area contributed by atoms with Crippen LogP contribution in [0.1, 0.15) is 29.3 Å². The van der Waals surface area contributed by atoms with E-state index in [1.807, 2.05) is 4.72 Å². The molecule has 1 heterocycles. The highest BCUT2D eigenvalue weighted by Crippen LogP contribution is 2.28. The molecule has 0 saturated carbocycles. The molecule has 0 bridgehead atoms. The first kappa shape index (κ1) is 20.5. The number of ketones is 1. The maximum atomic E-state index is 14.8. The zero-order valence-corrected chi connectivity index (χ0v) is 15.9. The number of benzene rings is 2. The van der Waals surface area contributed by atoms with Gasteiger partial charge in [-0.2, -0.15) is 0 Å². The van der Waals surface area contributed by atoms with Crippen LogP contribution in [0.4, 0.5) is 24.7 Å². The van der Waals surface area contributed by atoms with Crippen molar-refractivity contribution in [1.29, 1.82) is 0 Å². The second kappa shape index (κ2) is 7.66. The Labute approximate surface area is 163 Å². The number of nitrogens with one attached hydrogen (secondary N) is 1. The molecule has 0 unspecified atom stereocenters. The molecule has 0 fully saturated rings. The van der Waals surface area contributed by atoms with Crippen LogP contribution in [-0.4, -0.2) is 29.9 Å². The summed E-state index contributed by atoms with van der Waals surface area (Å²) in [6.45, 7) is 1.57. The quantitative estimate of drug-likeness (QED) is 0.464. The summed E-state index contributed by atoms with van der Waals surface area (Å²) in [5.74, 6) is -6.32. The molecule has 0 aliphatic rings. The first-order valence-corrected chi connectivity index (χ1v) is 10.0. The number of nitrogen functional groups attached to an aromatic ring is 1. The van der Waals surface area contributed by atoms with E-state index < -0.39 is 44.5 Å². The van der Waals surface area contributed by atoms with Gasteiger partial charge < -0.3 is 5.73 Å². The molecule has 3 N–H and O–H groups in total. The molecular weight excluding hydrogens is 409 g/mol. The van der Waals surface area contributed by atoms with Crippen LogP contribution < -0.4 is 10.5 Å². The summed E-state index contributed by atoms with van der Waals surface area (Å²) in [5, 5.41) is 0. The molecular formula is C18H15F3N4O3S. The smallest absolute Gasteiger partial charge is 0.232 e. The molecule has 0 radical (unpaired) electrons. The number of anilines is 2. The number of carbonyl (C=O) groups excluding carboxylic acids is 1. The Morgan fingerprint density at radius 2 is 1.86 bits per heavy atom. The van der Waals surface area contributed by atoms with Gasteiger partial charge in [0.2, 0.25) is 10.0 Å². The average Bonchev–Trinajstić information content (AvgIpc) is 2.65. The van der Waals surface area contributed by atoms with Crippen LogP contribution >= 0.6 is 0 Å². The van der Waals surface area contributed by atoms with Crippen molar-refractivity contribution < 1.29 is 26.4 Å². The van der Waals surface area contributed by atoms with E-state index in [4.69, 9.17) is 5.73 Å². The van der Waals surface area contributed by atoms with E-state index in [2.05, 4.69) is 9.97 Å². The Morgan fingerprint density at radius 3 is 2.55 bits per heavy atom. The fourth-order valence-electron chi connectivity index (χ4n) is 2.68. The lowest BCUT2D eigenvalue weighted by molar-refractivity contribution is 0.103. The summed E-state index contributed by atoms with van der Waals surface area (Å²) < 4.78 is 68.7. The number of nitrogens with zero attached hydrogens (tertiary/aromatic N) is 2. The number of nitrogens with two attached hydrogens (primary N) is 1. The number of hydrogen-bond acceptors (Lipinski definition) is 6. The monoisotopic (exact) mass is 424 g/mol. The standard InChI is InChI=1S/C18H15F3N4O3S/c1-2-5-29(27,28)25-13-7-10(19)16(20)15(17(13)21)18(26)9-3-4-11-12(6-9)24-14(22)8-23-11/h3-4,6-8,25H,2,5H2,1H3,(H2,22,24). The van der Waals surface area contributed by atoms with Crippen LogP contribution in [0.5, 0.6) is 0 Å². The predicted molar refractivity (Wildman–Crippen MR) is 101 cm³/mol. The number of rotatable bonds is 6. The summed E-state index contributed by atoms with van der Waals surface area (Å²) in [5.41, 5.74) is 3.82. The van der Waals surface area contributed by atoms with Crippen molar-refractivity contribution in [3.8, 4) is 0 Å². The van der Waals surface area contributed by atoms with Crippen molar-refractivity contribution in [2.75, 3.05) is 16.2 Å². The van der Waals surface area contributed by atoms with Gasteiger partial charge in [-0.1, -0.05) is 6.92 Å². The molecule has 0 atom stereocenters. The zero-order chi connectivity index (χ0) is 21.3. The van der Waals surface area contributed by atoms with Crippen LogP contribution in [0.15, 0.2) is 30.5 Å². The Morgan fingerprint density at radius 1 is 1.14 bits per heavy atom. The van der Waals surface area contributed by atoms with Gasteiger partial charge in [-0.15, -0.1) is 0 Å². The van der Waals surface area contributed by atoms with Crippen LogP contribution in [0, 0.1) is 17.5 Å². The van der Waals surface area contributed by atoms with Gasteiger partial charge in [0.1, 0.15) is 5.82 Å². The summed E-state index contributed by atoms with van der Waals surface area (Å²) in [7, 11) is -4.00. The normalized spacial score (nSPS) is 11.6. The highest BCUT2D eigenvalue weighted by atomic mass is 32.2. The molecule has 1 aromatic heterocycles. The molecule has 3 rings (SSSR count). The fraction of sp³-hybridized carbons (Fsp3) is 0.167. The van der Waals surface area contributed by atoms with E-state index in [1.54, 1.807) is 6.92 Å². The van der Waals surface area contributed by atoms with E-state index in [9.17, 15) is 26.4 Å². The molecule has 0 aliphatic carbocycles. The molecule has 152 valence electrons. The first-order chi connectivity index (χ1) is 13.6. The highest BCUT2D eigenvalue weighted by molar-refractivity contribution is 7.92. The van der Waals surface area contributed by atoms with Crippen molar-refractivity contribution in [3.63, 3.8) is 0 Å². The largest absolute Gasteiger partial charge is 0.382 e. The predicted octanol–water partition coefficient (Wildman–Crippen LogP) is 3.01. The van der Waals surface area contributed by atoms with Gasteiger partial charge in [-0.05, 0) is 24.6 Å².